The van der Waals surface area contributed by atoms with Crippen molar-refractivity contribution in [3.05, 3.63) is 89.6 Å². The summed E-state index contributed by atoms with van der Waals surface area (Å²) in [6.07, 6.45) is 0.300. The molecule has 1 aliphatic rings. The molecule has 0 radical (unpaired) electrons. The SMILES string of the molecule is CN1C(=O)C(NC(=O)c2cc3occc3n2C)N=C(c2ccccc2F)c2ccccc21. The smallest absolute Gasteiger partial charge is 0.272 e. The van der Waals surface area contributed by atoms with E-state index in [0.717, 1.165) is 5.52 Å². The van der Waals surface area contributed by atoms with Crippen LogP contribution in [-0.2, 0) is 11.8 Å². The van der Waals surface area contributed by atoms with Crippen LogP contribution in [-0.4, -0.2) is 35.3 Å². The van der Waals surface area contributed by atoms with Gasteiger partial charge in [-0.15, -0.1) is 0 Å². The number of nitrogens with zero attached hydrogens (tertiary/aromatic N) is 3. The molecule has 3 heterocycles. The molecule has 0 aliphatic carbocycles. The molecule has 0 bridgehead atoms. The summed E-state index contributed by atoms with van der Waals surface area (Å²) in [7, 11) is 3.34. The molecule has 2 aromatic heterocycles. The van der Waals surface area contributed by atoms with Crippen LogP contribution in [0.2, 0.25) is 0 Å². The topological polar surface area (TPSA) is 79.8 Å². The van der Waals surface area contributed by atoms with Crippen molar-refractivity contribution in [3.63, 3.8) is 0 Å². The van der Waals surface area contributed by atoms with Gasteiger partial charge in [-0.05, 0) is 18.2 Å². The largest absolute Gasteiger partial charge is 0.463 e. The number of hydrogen-bond donors (Lipinski definition) is 1. The Balaban J connectivity index is 1.60. The highest BCUT2D eigenvalue weighted by Gasteiger charge is 2.32. The van der Waals surface area contributed by atoms with Gasteiger partial charge in [0.15, 0.2) is 5.58 Å². The highest BCUT2D eigenvalue weighted by Crippen LogP contribution is 2.28. The lowest BCUT2D eigenvalue weighted by molar-refractivity contribution is -0.119. The van der Waals surface area contributed by atoms with Gasteiger partial charge in [0.1, 0.15) is 11.5 Å². The number of fused-ring (bicyclic) bond motifs is 2. The minimum Gasteiger partial charge on any atom is -0.463 e. The molecule has 1 N–H and O–H groups in total. The van der Waals surface area contributed by atoms with Crippen molar-refractivity contribution >= 4 is 34.3 Å². The maximum atomic E-state index is 14.7. The third kappa shape index (κ3) is 3.08. The summed E-state index contributed by atoms with van der Waals surface area (Å²) >= 11 is 0. The maximum absolute atomic E-state index is 14.7. The van der Waals surface area contributed by atoms with Gasteiger partial charge in [0.05, 0.1) is 23.2 Å². The zero-order chi connectivity index (χ0) is 22.4. The first-order valence-corrected chi connectivity index (χ1v) is 9.99. The highest BCUT2D eigenvalue weighted by atomic mass is 19.1. The van der Waals surface area contributed by atoms with Crippen molar-refractivity contribution in [2.75, 3.05) is 11.9 Å². The van der Waals surface area contributed by atoms with Crippen molar-refractivity contribution in [1.29, 1.82) is 0 Å². The van der Waals surface area contributed by atoms with Gasteiger partial charge in [-0.3, -0.25) is 9.59 Å². The van der Waals surface area contributed by atoms with Gasteiger partial charge in [-0.1, -0.05) is 30.3 Å². The van der Waals surface area contributed by atoms with E-state index in [1.807, 2.05) is 0 Å². The Labute approximate surface area is 182 Å². The molecular formula is C24H19FN4O3. The number of anilines is 1. The van der Waals surface area contributed by atoms with Crippen molar-refractivity contribution in [2.24, 2.45) is 12.0 Å². The quantitative estimate of drug-likeness (QED) is 0.541. The molecule has 2 amide bonds. The second-order valence-corrected chi connectivity index (χ2v) is 7.51. The molecule has 1 aliphatic heterocycles. The fourth-order valence-electron chi connectivity index (χ4n) is 3.95. The molecule has 0 fully saturated rings. The van der Waals surface area contributed by atoms with E-state index in [2.05, 4.69) is 10.3 Å². The second-order valence-electron chi connectivity index (χ2n) is 7.51. The molecule has 0 saturated carbocycles. The van der Waals surface area contributed by atoms with E-state index in [0.29, 0.717) is 28.2 Å². The lowest BCUT2D eigenvalue weighted by Crippen LogP contribution is -2.46. The summed E-state index contributed by atoms with van der Waals surface area (Å²) in [5, 5.41) is 2.70. The third-order valence-electron chi connectivity index (χ3n) is 5.64. The number of halogens is 1. The summed E-state index contributed by atoms with van der Waals surface area (Å²) in [4.78, 5) is 32.3. The summed E-state index contributed by atoms with van der Waals surface area (Å²) in [5.74, 6) is -1.39. The monoisotopic (exact) mass is 430 g/mol. The molecule has 1 atom stereocenters. The minimum atomic E-state index is -1.24. The summed E-state index contributed by atoms with van der Waals surface area (Å²) < 4.78 is 21.7. The third-order valence-corrected chi connectivity index (χ3v) is 5.64. The van der Waals surface area contributed by atoms with Gasteiger partial charge in [0.25, 0.3) is 11.8 Å². The van der Waals surface area contributed by atoms with Crippen LogP contribution in [0.15, 0.2) is 76.3 Å². The Morgan fingerprint density at radius 2 is 1.78 bits per heavy atom. The van der Waals surface area contributed by atoms with Crippen LogP contribution >= 0.6 is 0 Å². The predicted octanol–water partition coefficient (Wildman–Crippen LogP) is 3.48. The molecule has 1 unspecified atom stereocenters. The van der Waals surface area contributed by atoms with Crippen LogP contribution in [0.5, 0.6) is 0 Å². The van der Waals surface area contributed by atoms with Crippen LogP contribution < -0.4 is 10.2 Å². The van der Waals surface area contributed by atoms with E-state index >= 15 is 0 Å². The Kier molecular flexibility index (Phi) is 4.62. The first-order valence-electron chi connectivity index (χ1n) is 9.99. The molecule has 0 spiro atoms. The summed E-state index contributed by atoms with van der Waals surface area (Å²) in [6, 6.07) is 16.7. The Morgan fingerprint density at radius 3 is 2.53 bits per heavy atom. The van der Waals surface area contributed by atoms with E-state index in [-0.39, 0.29) is 5.56 Å². The minimum absolute atomic E-state index is 0.249. The molecule has 2 aromatic carbocycles. The molecule has 5 rings (SSSR count). The standard InChI is InChI=1S/C24H19FN4O3/c1-28-18-11-12-32-20(18)13-19(28)23(30)27-22-24(31)29(2)17-10-6-4-8-15(17)21(26-22)14-7-3-5-9-16(14)25/h3-13,22H,1-2H3,(H,27,30). The Bertz CT molecular complexity index is 1400. The van der Waals surface area contributed by atoms with Crippen LogP contribution in [0.3, 0.4) is 0 Å². The number of carbonyl (C=O) groups is 2. The van der Waals surface area contributed by atoms with Crippen LogP contribution in [0, 0.1) is 5.82 Å². The molecule has 0 saturated heterocycles. The average molecular weight is 430 g/mol. The molecular weight excluding hydrogens is 411 g/mol. The van der Waals surface area contributed by atoms with Gasteiger partial charge in [-0.25, -0.2) is 9.38 Å². The number of aliphatic imine (C=N–C) groups is 1. The van der Waals surface area contributed by atoms with Crippen LogP contribution in [0.25, 0.3) is 11.1 Å². The van der Waals surface area contributed by atoms with Crippen molar-refractivity contribution < 1.29 is 18.4 Å². The number of nitrogens with one attached hydrogen (secondary N) is 1. The lowest BCUT2D eigenvalue weighted by atomic mass is 10.00. The highest BCUT2D eigenvalue weighted by molar-refractivity contribution is 6.20. The molecule has 8 heteroatoms. The lowest BCUT2D eigenvalue weighted by Gasteiger charge is -2.20. The summed E-state index contributed by atoms with van der Waals surface area (Å²) in [6.45, 7) is 0. The van der Waals surface area contributed by atoms with Crippen LogP contribution in [0.1, 0.15) is 21.6 Å². The molecule has 32 heavy (non-hydrogen) atoms. The van der Waals surface area contributed by atoms with E-state index in [9.17, 15) is 14.0 Å². The first-order chi connectivity index (χ1) is 15.5. The number of hydrogen-bond acceptors (Lipinski definition) is 4. The normalized spacial score (nSPS) is 16.0. The number of aromatic nitrogens is 1. The molecule has 160 valence electrons. The number of furan rings is 1. The first kappa shape index (κ1) is 19.7. The number of benzodiazepines with no additional fused rings is 1. The fraction of sp³-hybridized carbons (Fsp3) is 0.125. The number of benzene rings is 2. The van der Waals surface area contributed by atoms with Gasteiger partial charge in [0.2, 0.25) is 6.17 Å². The fourth-order valence-corrected chi connectivity index (χ4v) is 3.95. The average Bonchev–Trinajstić information content (AvgIpc) is 3.36. The van der Waals surface area contributed by atoms with Crippen molar-refractivity contribution in [3.8, 4) is 0 Å². The van der Waals surface area contributed by atoms with E-state index in [1.165, 1.54) is 11.0 Å². The van der Waals surface area contributed by atoms with E-state index < -0.39 is 23.8 Å². The number of aryl methyl sites for hydroxylation is 1. The van der Waals surface area contributed by atoms with Gasteiger partial charge in [0, 0.05) is 37.4 Å². The maximum Gasteiger partial charge on any atom is 0.272 e. The molecule has 7 nitrogen and oxygen atoms in total. The van der Waals surface area contributed by atoms with Crippen molar-refractivity contribution in [2.45, 2.75) is 6.17 Å². The van der Waals surface area contributed by atoms with Crippen molar-refractivity contribution in [1.82, 2.24) is 9.88 Å². The van der Waals surface area contributed by atoms with Gasteiger partial charge in [-0.2, -0.15) is 0 Å². The van der Waals surface area contributed by atoms with Crippen LogP contribution in [0.4, 0.5) is 10.1 Å². The number of para-hydroxylation sites is 1. The second kappa shape index (κ2) is 7.49. The predicted molar refractivity (Wildman–Crippen MR) is 118 cm³/mol. The molecule has 4 aromatic rings. The number of amides is 2. The number of carbonyl (C=O) groups excluding carboxylic acids is 2. The van der Waals surface area contributed by atoms with Gasteiger partial charge < -0.3 is 19.2 Å². The number of rotatable bonds is 3. The Hall–Kier alpha value is -4.20. The zero-order valence-electron chi connectivity index (χ0n) is 17.4. The zero-order valence-corrected chi connectivity index (χ0v) is 17.4. The Morgan fingerprint density at radius 1 is 1.06 bits per heavy atom. The summed E-state index contributed by atoms with van der Waals surface area (Å²) in [5.41, 5.74) is 3.35. The van der Waals surface area contributed by atoms with E-state index in [4.69, 9.17) is 4.42 Å². The number of likely N-dealkylation sites (N-methyl/N-ethyl adjacent to an activating group) is 1. The van der Waals surface area contributed by atoms with Gasteiger partial charge >= 0.3 is 0 Å². The van der Waals surface area contributed by atoms with E-state index in [1.54, 1.807) is 79.5 Å².